The number of fused-ring (bicyclic) bond motifs is 1. The summed E-state index contributed by atoms with van der Waals surface area (Å²) in [5, 5.41) is 25.3. The van der Waals surface area contributed by atoms with Crippen LogP contribution in [-0.4, -0.2) is 38.1 Å². The molecule has 6 nitrogen and oxygen atoms in total. The zero-order chi connectivity index (χ0) is 14.2. The highest BCUT2D eigenvalue weighted by Crippen LogP contribution is 2.38. The van der Waals surface area contributed by atoms with E-state index in [4.69, 9.17) is 5.11 Å². The summed E-state index contributed by atoms with van der Waals surface area (Å²) >= 11 is 0. The summed E-state index contributed by atoms with van der Waals surface area (Å²) in [6.07, 6.45) is 3.13. The van der Waals surface area contributed by atoms with E-state index in [0.717, 1.165) is 30.3 Å². The van der Waals surface area contributed by atoms with Gasteiger partial charge in [-0.3, -0.25) is 0 Å². The Morgan fingerprint density at radius 3 is 2.85 bits per heavy atom. The van der Waals surface area contributed by atoms with Crippen molar-refractivity contribution in [3.8, 4) is 0 Å². The van der Waals surface area contributed by atoms with Crippen LogP contribution in [0.5, 0.6) is 0 Å². The molecule has 1 aliphatic rings. The Bertz CT molecular complexity index is 603. The average Bonchev–Trinajstić information content (AvgIpc) is 3.16. The predicted molar refractivity (Wildman–Crippen MR) is 76.7 cm³/mol. The number of hydrogen-bond acceptors (Lipinski definition) is 5. The summed E-state index contributed by atoms with van der Waals surface area (Å²) in [7, 11) is 0. The molecular formula is C14H21N5O. The first-order valence-electron chi connectivity index (χ1n) is 7.16. The summed E-state index contributed by atoms with van der Waals surface area (Å²) in [5.41, 5.74) is 0.838. The smallest absolute Gasteiger partial charge is 0.178 e. The van der Waals surface area contributed by atoms with Gasteiger partial charge in [0.1, 0.15) is 5.82 Å². The summed E-state index contributed by atoms with van der Waals surface area (Å²) in [4.78, 5) is 0. The maximum Gasteiger partial charge on any atom is 0.178 e. The molecule has 1 saturated carbocycles. The molecule has 0 bridgehead atoms. The molecule has 1 aliphatic carbocycles. The van der Waals surface area contributed by atoms with Gasteiger partial charge in [-0.2, -0.15) is 4.52 Å². The SMILES string of the molecule is CC(C)(CCO)CNc1ccc2nnc(C3CC3)n2n1. The molecule has 3 rings (SSSR count). The fourth-order valence-corrected chi connectivity index (χ4v) is 2.22. The van der Waals surface area contributed by atoms with Crippen LogP contribution < -0.4 is 5.32 Å². The van der Waals surface area contributed by atoms with Crippen molar-refractivity contribution in [1.29, 1.82) is 0 Å². The average molecular weight is 275 g/mol. The maximum absolute atomic E-state index is 9.05. The predicted octanol–water partition coefficient (Wildman–Crippen LogP) is 1.82. The van der Waals surface area contributed by atoms with E-state index in [1.807, 2.05) is 16.6 Å². The van der Waals surface area contributed by atoms with E-state index in [1.54, 1.807) is 0 Å². The lowest BCUT2D eigenvalue weighted by Crippen LogP contribution is -2.24. The monoisotopic (exact) mass is 275 g/mol. The minimum atomic E-state index is 0.0396. The molecule has 2 aromatic rings. The van der Waals surface area contributed by atoms with Gasteiger partial charge in [-0.05, 0) is 36.8 Å². The van der Waals surface area contributed by atoms with Gasteiger partial charge in [0.2, 0.25) is 0 Å². The maximum atomic E-state index is 9.05. The molecule has 1 fully saturated rings. The number of rotatable bonds is 6. The van der Waals surface area contributed by atoms with Crippen LogP contribution in [0.2, 0.25) is 0 Å². The standard InChI is InChI=1S/C14H21N5O/c1-14(2,7-8-20)9-15-11-5-6-12-16-17-13(10-3-4-10)19(12)18-11/h5-6,10,20H,3-4,7-9H2,1-2H3,(H,15,18). The zero-order valence-corrected chi connectivity index (χ0v) is 12.0. The van der Waals surface area contributed by atoms with Crippen LogP contribution in [0.25, 0.3) is 5.65 Å². The van der Waals surface area contributed by atoms with Gasteiger partial charge >= 0.3 is 0 Å². The van der Waals surface area contributed by atoms with Crippen molar-refractivity contribution in [2.24, 2.45) is 5.41 Å². The number of anilines is 1. The normalized spacial score (nSPS) is 15.8. The Balaban J connectivity index is 1.76. The molecule has 0 amide bonds. The molecule has 0 saturated heterocycles. The zero-order valence-electron chi connectivity index (χ0n) is 12.0. The van der Waals surface area contributed by atoms with Gasteiger partial charge in [-0.25, -0.2) is 0 Å². The molecule has 0 spiro atoms. The Morgan fingerprint density at radius 2 is 2.15 bits per heavy atom. The number of aromatic nitrogens is 4. The molecule has 2 N–H and O–H groups in total. The van der Waals surface area contributed by atoms with Crippen molar-refractivity contribution in [2.45, 2.75) is 39.0 Å². The van der Waals surface area contributed by atoms with Crippen molar-refractivity contribution in [1.82, 2.24) is 19.8 Å². The lowest BCUT2D eigenvalue weighted by Gasteiger charge is -2.24. The van der Waals surface area contributed by atoms with Crippen LogP contribution in [0, 0.1) is 5.41 Å². The van der Waals surface area contributed by atoms with E-state index < -0.39 is 0 Å². The fraction of sp³-hybridized carbons (Fsp3) is 0.643. The van der Waals surface area contributed by atoms with Gasteiger partial charge in [-0.15, -0.1) is 15.3 Å². The van der Waals surface area contributed by atoms with Crippen molar-refractivity contribution in [3.05, 3.63) is 18.0 Å². The van der Waals surface area contributed by atoms with Crippen molar-refractivity contribution in [3.63, 3.8) is 0 Å². The summed E-state index contributed by atoms with van der Waals surface area (Å²) in [6.45, 7) is 5.23. The third-order valence-corrected chi connectivity index (χ3v) is 3.77. The molecule has 0 unspecified atom stereocenters. The van der Waals surface area contributed by atoms with Crippen LogP contribution in [0.3, 0.4) is 0 Å². The van der Waals surface area contributed by atoms with Gasteiger partial charge in [0.15, 0.2) is 11.5 Å². The topological polar surface area (TPSA) is 75.3 Å². The van der Waals surface area contributed by atoms with E-state index in [1.165, 1.54) is 12.8 Å². The van der Waals surface area contributed by atoms with E-state index in [0.29, 0.717) is 5.92 Å². The van der Waals surface area contributed by atoms with Crippen LogP contribution in [0.15, 0.2) is 12.1 Å². The quantitative estimate of drug-likeness (QED) is 0.841. The molecule has 2 heterocycles. The first-order valence-corrected chi connectivity index (χ1v) is 7.16. The van der Waals surface area contributed by atoms with E-state index >= 15 is 0 Å². The highest BCUT2D eigenvalue weighted by atomic mass is 16.3. The summed E-state index contributed by atoms with van der Waals surface area (Å²) in [6, 6.07) is 3.86. The van der Waals surface area contributed by atoms with E-state index in [-0.39, 0.29) is 12.0 Å². The number of nitrogens with zero attached hydrogens (tertiary/aromatic N) is 4. The Kier molecular flexibility index (Phi) is 3.33. The molecule has 20 heavy (non-hydrogen) atoms. The molecule has 0 atom stereocenters. The van der Waals surface area contributed by atoms with Gasteiger partial charge < -0.3 is 10.4 Å². The summed E-state index contributed by atoms with van der Waals surface area (Å²) in [5.74, 6) is 2.32. The number of hydrogen-bond donors (Lipinski definition) is 2. The second-order valence-electron chi connectivity index (χ2n) is 6.31. The highest BCUT2D eigenvalue weighted by Gasteiger charge is 2.29. The third kappa shape index (κ3) is 2.75. The Morgan fingerprint density at radius 1 is 1.35 bits per heavy atom. The molecular weight excluding hydrogens is 254 g/mol. The lowest BCUT2D eigenvalue weighted by atomic mass is 9.90. The third-order valence-electron chi connectivity index (χ3n) is 3.77. The lowest BCUT2D eigenvalue weighted by molar-refractivity contribution is 0.220. The number of aliphatic hydroxyl groups excluding tert-OH is 1. The van der Waals surface area contributed by atoms with Gasteiger partial charge in [0.25, 0.3) is 0 Å². The van der Waals surface area contributed by atoms with Crippen molar-refractivity contribution >= 4 is 11.5 Å². The molecule has 0 radical (unpaired) electrons. The molecule has 6 heteroatoms. The van der Waals surface area contributed by atoms with Crippen LogP contribution >= 0.6 is 0 Å². The van der Waals surface area contributed by atoms with E-state index in [9.17, 15) is 0 Å². The number of aliphatic hydroxyl groups is 1. The van der Waals surface area contributed by atoms with Crippen molar-refractivity contribution < 1.29 is 5.11 Å². The molecule has 108 valence electrons. The molecule has 0 aromatic carbocycles. The first-order chi connectivity index (χ1) is 9.59. The Labute approximate surface area is 118 Å². The van der Waals surface area contributed by atoms with Gasteiger partial charge in [0.05, 0.1) is 0 Å². The molecule has 0 aliphatic heterocycles. The van der Waals surface area contributed by atoms with Gasteiger partial charge in [-0.1, -0.05) is 13.8 Å². The minimum absolute atomic E-state index is 0.0396. The first kappa shape index (κ1) is 13.3. The van der Waals surface area contributed by atoms with Crippen molar-refractivity contribution in [2.75, 3.05) is 18.5 Å². The second kappa shape index (κ2) is 5.01. The van der Waals surface area contributed by atoms with Crippen LogP contribution in [0.4, 0.5) is 5.82 Å². The second-order valence-corrected chi connectivity index (χ2v) is 6.31. The van der Waals surface area contributed by atoms with Crippen LogP contribution in [-0.2, 0) is 0 Å². The van der Waals surface area contributed by atoms with Crippen LogP contribution in [0.1, 0.15) is 44.9 Å². The highest BCUT2D eigenvalue weighted by molar-refractivity contribution is 5.44. The Hall–Kier alpha value is -1.69. The summed E-state index contributed by atoms with van der Waals surface area (Å²) < 4.78 is 1.85. The largest absolute Gasteiger partial charge is 0.396 e. The molecule has 2 aromatic heterocycles. The number of nitrogens with one attached hydrogen (secondary N) is 1. The van der Waals surface area contributed by atoms with Gasteiger partial charge in [0, 0.05) is 19.1 Å². The minimum Gasteiger partial charge on any atom is -0.396 e. The fourth-order valence-electron chi connectivity index (χ4n) is 2.22. The van der Waals surface area contributed by atoms with E-state index in [2.05, 4.69) is 34.5 Å².